The van der Waals surface area contributed by atoms with Crippen molar-refractivity contribution in [3.05, 3.63) is 84.0 Å². The maximum atomic E-state index is 12.9. The number of carbonyl (C=O) groups is 2. The predicted octanol–water partition coefficient (Wildman–Crippen LogP) is 4.93. The van der Waals surface area contributed by atoms with E-state index in [-0.39, 0.29) is 0 Å². The lowest BCUT2D eigenvalue weighted by molar-refractivity contribution is -0.137. The van der Waals surface area contributed by atoms with Crippen molar-refractivity contribution in [1.29, 1.82) is 0 Å². The number of nitrogens with two attached hydrogens (primary N) is 1. The Bertz CT molecular complexity index is 1340. The molecule has 0 spiro atoms. The molecule has 3 aromatic carbocycles. The summed E-state index contributed by atoms with van der Waals surface area (Å²) >= 11 is 5.97. The Kier molecular flexibility index (Phi) is 9.76. The van der Waals surface area contributed by atoms with Gasteiger partial charge in [-0.15, -0.1) is 0 Å². The number of fused-ring (bicyclic) bond motifs is 1. The zero-order chi connectivity index (χ0) is 26.8. The van der Waals surface area contributed by atoms with Crippen molar-refractivity contribution in [2.75, 3.05) is 18.0 Å². The van der Waals surface area contributed by atoms with E-state index in [1.807, 2.05) is 6.92 Å². The quantitative estimate of drug-likeness (QED) is 0.333. The van der Waals surface area contributed by atoms with Crippen LogP contribution < -0.4 is 20.1 Å². The number of aliphatic carboxylic acids is 1. The van der Waals surface area contributed by atoms with Crippen molar-refractivity contribution < 1.29 is 24.2 Å². The van der Waals surface area contributed by atoms with E-state index in [9.17, 15) is 14.7 Å². The van der Waals surface area contributed by atoms with Gasteiger partial charge in [-0.2, -0.15) is 0 Å². The van der Waals surface area contributed by atoms with Gasteiger partial charge in [-0.25, -0.2) is 9.97 Å². The molecular formula is C27H27ClN4O5. The van der Waals surface area contributed by atoms with Gasteiger partial charge in [0, 0.05) is 10.7 Å². The fraction of sp³-hybridized carbons (Fsp3) is 0.185. The molecule has 1 aromatic heterocycles. The second kappa shape index (κ2) is 13.2. The zero-order valence-corrected chi connectivity index (χ0v) is 21.1. The summed E-state index contributed by atoms with van der Waals surface area (Å²) in [4.78, 5) is 34.1. The van der Waals surface area contributed by atoms with Crippen molar-refractivity contribution in [3.63, 3.8) is 0 Å². The van der Waals surface area contributed by atoms with E-state index in [1.54, 1.807) is 79.7 Å². The summed E-state index contributed by atoms with van der Waals surface area (Å²) < 4.78 is 11.5. The number of hydrogen-bond donors (Lipinski definition) is 2. The molecule has 37 heavy (non-hydrogen) atoms. The van der Waals surface area contributed by atoms with E-state index in [0.29, 0.717) is 39.1 Å². The van der Waals surface area contributed by atoms with Crippen LogP contribution in [-0.2, 0) is 9.59 Å². The van der Waals surface area contributed by atoms with Crippen molar-refractivity contribution in [2.45, 2.75) is 20.0 Å². The summed E-state index contributed by atoms with van der Waals surface area (Å²) in [7, 11) is 0. The van der Waals surface area contributed by atoms with Crippen LogP contribution in [-0.4, -0.2) is 46.1 Å². The van der Waals surface area contributed by atoms with E-state index in [4.69, 9.17) is 26.8 Å². The van der Waals surface area contributed by atoms with Crippen molar-refractivity contribution in [2.24, 2.45) is 5.73 Å². The van der Waals surface area contributed by atoms with E-state index >= 15 is 0 Å². The monoisotopic (exact) mass is 522 g/mol. The largest absolute Gasteiger partial charge is 0.481 e. The number of nitrogens with zero attached hydrogens (tertiary/aromatic N) is 3. The highest BCUT2D eigenvalue weighted by Crippen LogP contribution is 2.25. The minimum absolute atomic E-state index is 0.319. The van der Waals surface area contributed by atoms with E-state index in [2.05, 4.69) is 9.97 Å². The second-order valence-electron chi connectivity index (χ2n) is 7.74. The highest BCUT2D eigenvalue weighted by Gasteiger charge is 2.25. The molecule has 1 atom stereocenters. The third kappa shape index (κ3) is 7.89. The van der Waals surface area contributed by atoms with E-state index in [0.717, 1.165) is 6.54 Å². The Hall–Kier alpha value is -4.21. The minimum Gasteiger partial charge on any atom is -0.481 e. The molecule has 0 saturated heterocycles. The van der Waals surface area contributed by atoms with E-state index in [1.165, 1.54) is 11.1 Å². The Morgan fingerprint density at radius 2 is 1.68 bits per heavy atom. The lowest BCUT2D eigenvalue weighted by Crippen LogP contribution is -2.43. The number of para-hydroxylation sites is 1. The molecule has 9 nitrogen and oxygen atoms in total. The molecule has 4 rings (SSSR count). The first-order valence-electron chi connectivity index (χ1n) is 11.5. The molecular weight excluding hydrogens is 496 g/mol. The molecule has 0 saturated carbocycles. The number of benzene rings is 3. The molecule has 1 amide bonds. The highest BCUT2D eigenvalue weighted by molar-refractivity contribution is 6.31. The highest BCUT2D eigenvalue weighted by atomic mass is 35.5. The third-order valence-electron chi connectivity index (χ3n) is 4.82. The topological polar surface area (TPSA) is 128 Å². The average Bonchev–Trinajstić information content (AvgIpc) is 2.89. The molecule has 10 heteroatoms. The van der Waals surface area contributed by atoms with Crippen LogP contribution >= 0.6 is 11.6 Å². The molecule has 0 aliphatic heterocycles. The molecule has 192 valence electrons. The fourth-order valence-corrected chi connectivity index (χ4v) is 3.40. The van der Waals surface area contributed by atoms with Gasteiger partial charge in [-0.1, -0.05) is 36.7 Å². The second-order valence-corrected chi connectivity index (χ2v) is 8.17. The molecule has 0 radical (unpaired) electrons. The van der Waals surface area contributed by atoms with Crippen molar-refractivity contribution >= 4 is 40.2 Å². The zero-order valence-electron chi connectivity index (χ0n) is 20.4. The first-order chi connectivity index (χ1) is 17.8. The molecule has 0 aliphatic rings. The van der Waals surface area contributed by atoms with Gasteiger partial charge in [0.2, 0.25) is 5.88 Å². The molecule has 4 aromatic rings. The number of aromatic nitrogens is 2. The Labute approximate surface area is 219 Å². The van der Waals surface area contributed by atoms with Crippen LogP contribution in [0, 0.1) is 0 Å². The molecule has 0 aliphatic carbocycles. The average molecular weight is 523 g/mol. The number of carbonyl (C=O) groups excluding carboxylic acids is 1. The van der Waals surface area contributed by atoms with Gasteiger partial charge < -0.3 is 20.3 Å². The van der Waals surface area contributed by atoms with Gasteiger partial charge in [0.05, 0.1) is 17.2 Å². The SMILES string of the molecule is CC(Oc1ccc(Oc2cnc3cc(Cl)ccc3n2)cc1)C(=O)N(CC(=O)O)c1ccccc1.CCN. The van der Waals surface area contributed by atoms with E-state index < -0.39 is 24.5 Å². The lowest BCUT2D eigenvalue weighted by Gasteiger charge is -2.24. The van der Waals surface area contributed by atoms with Gasteiger partial charge in [0.25, 0.3) is 5.91 Å². The Morgan fingerprint density at radius 1 is 1.03 bits per heavy atom. The molecule has 0 bridgehead atoms. The third-order valence-corrected chi connectivity index (χ3v) is 5.05. The number of rotatable bonds is 8. The Morgan fingerprint density at radius 3 is 2.32 bits per heavy atom. The summed E-state index contributed by atoms with van der Waals surface area (Å²) in [6.45, 7) is 3.75. The van der Waals surface area contributed by atoms with Crippen molar-refractivity contribution in [3.8, 4) is 17.4 Å². The number of carboxylic acids is 1. The van der Waals surface area contributed by atoms with Crippen LogP contribution in [0.25, 0.3) is 11.0 Å². The number of amides is 1. The van der Waals surface area contributed by atoms with Gasteiger partial charge in [-0.3, -0.25) is 14.5 Å². The van der Waals surface area contributed by atoms with Crippen LogP contribution in [0.1, 0.15) is 13.8 Å². The van der Waals surface area contributed by atoms with Crippen molar-refractivity contribution in [1.82, 2.24) is 9.97 Å². The smallest absolute Gasteiger partial charge is 0.323 e. The first kappa shape index (κ1) is 27.4. The number of carboxylic acid groups (broad SMARTS) is 1. The van der Waals surface area contributed by atoms with Crippen LogP contribution in [0.2, 0.25) is 5.02 Å². The van der Waals surface area contributed by atoms with Crippen LogP contribution in [0.3, 0.4) is 0 Å². The summed E-state index contributed by atoms with van der Waals surface area (Å²) in [5.74, 6) is -0.341. The summed E-state index contributed by atoms with van der Waals surface area (Å²) in [5, 5.41) is 9.80. The molecule has 1 unspecified atom stereocenters. The number of halogens is 1. The maximum absolute atomic E-state index is 12.9. The number of hydrogen-bond acceptors (Lipinski definition) is 7. The van der Waals surface area contributed by atoms with Gasteiger partial charge in [0.1, 0.15) is 18.0 Å². The fourth-order valence-electron chi connectivity index (χ4n) is 3.24. The molecule has 1 heterocycles. The molecule has 0 fully saturated rings. The standard InChI is InChI=1S/C25H20ClN3O5.C2H7N/c1-16(25(32)29(15-24(30)31)18-5-3-2-4-6-18)33-19-8-10-20(11-9-19)34-23-14-27-22-13-17(26)7-12-21(22)28-23;1-2-3/h2-14,16H,15H2,1H3,(H,30,31);2-3H2,1H3. The summed E-state index contributed by atoms with van der Waals surface area (Å²) in [6, 6.07) is 20.4. The minimum atomic E-state index is -1.12. The van der Waals surface area contributed by atoms with Gasteiger partial charge in [0.15, 0.2) is 6.10 Å². The van der Waals surface area contributed by atoms with Crippen LogP contribution in [0.4, 0.5) is 5.69 Å². The van der Waals surface area contributed by atoms with Crippen LogP contribution in [0.15, 0.2) is 79.0 Å². The molecule has 3 N–H and O–H groups in total. The van der Waals surface area contributed by atoms with Gasteiger partial charge in [-0.05, 0) is 68.1 Å². The van der Waals surface area contributed by atoms with Gasteiger partial charge >= 0.3 is 5.97 Å². The maximum Gasteiger partial charge on any atom is 0.323 e. The number of anilines is 1. The first-order valence-corrected chi connectivity index (χ1v) is 11.8. The lowest BCUT2D eigenvalue weighted by atomic mass is 10.2. The summed E-state index contributed by atoms with van der Waals surface area (Å²) in [6.07, 6.45) is 0.592. The number of ether oxygens (including phenoxy) is 2. The normalized spacial score (nSPS) is 11.1. The van der Waals surface area contributed by atoms with Crippen LogP contribution in [0.5, 0.6) is 17.4 Å². The Balaban J connectivity index is 0.00000121. The predicted molar refractivity (Wildman–Crippen MR) is 142 cm³/mol. The summed E-state index contributed by atoms with van der Waals surface area (Å²) in [5.41, 5.74) is 6.64.